The van der Waals surface area contributed by atoms with E-state index in [0.29, 0.717) is 52.9 Å². The molecule has 0 aromatic heterocycles. The third-order valence-electron chi connectivity index (χ3n) is 3.28. The molecule has 2 saturated heterocycles. The zero-order chi connectivity index (χ0) is 15.0. The van der Waals surface area contributed by atoms with Gasteiger partial charge in [-0.15, -0.1) is 13.2 Å². The number of hydrogen-bond donors (Lipinski definition) is 0. The molecule has 0 unspecified atom stereocenters. The molecule has 120 valence electrons. The highest BCUT2D eigenvalue weighted by molar-refractivity contribution is 4.84. The van der Waals surface area contributed by atoms with Crippen molar-refractivity contribution in [1.29, 1.82) is 0 Å². The summed E-state index contributed by atoms with van der Waals surface area (Å²) in [5.41, 5.74) is -0.232. The van der Waals surface area contributed by atoms with E-state index in [1.54, 1.807) is 12.2 Å². The van der Waals surface area contributed by atoms with Gasteiger partial charge in [-0.3, -0.25) is 0 Å². The fourth-order valence-electron chi connectivity index (χ4n) is 2.11. The summed E-state index contributed by atoms with van der Waals surface area (Å²) < 4.78 is 33.3. The summed E-state index contributed by atoms with van der Waals surface area (Å²) in [4.78, 5) is 0. The van der Waals surface area contributed by atoms with Gasteiger partial charge in [-0.05, 0) is 0 Å². The van der Waals surface area contributed by atoms with Crippen molar-refractivity contribution in [1.82, 2.24) is 0 Å². The lowest BCUT2D eigenvalue weighted by Crippen LogP contribution is -2.53. The first kappa shape index (κ1) is 16.6. The molecule has 0 amide bonds. The lowest BCUT2D eigenvalue weighted by molar-refractivity contribution is -0.313. The fraction of sp³-hybridized carbons (Fsp3) is 0.733. The van der Waals surface area contributed by atoms with Crippen LogP contribution in [0.2, 0.25) is 0 Å². The topological polar surface area (TPSA) is 55.4 Å². The molecule has 6 nitrogen and oxygen atoms in total. The maximum absolute atomic E-state index is 5.67. The number of rotatable bonds is 8. The van der Waals surface area contributed by atoms with Gasteiger partial charge in [0.1, 0.15) is 0 Å². The van der Waals surface area contributed by atoms with Crippen LogP contribution in [0.4, 0.5) is 0 Å². The van der Waals surface area contributed by atoms with Gasteiger partial charge in [0.15, 0.2) is 12.6 Å². The molecule has 0 bridgehead atoms. The van der Waals surface area contributed by atoms with Gasteiger partial charge in [0.25, 0.3) is 0 Å². The first-order valence-electron chi connectivity index (χ1n) is 7.12. The van der Waals surface area contributed by atoms with E-state index in [4.69, 9.17) is 28.4 Å². The van der Waals surface area contributed by atoms with E-state index in [0.717, 1.165) is 0 Å². The minimum absolute atomic E-state index is 0.232. The third kappa shape index (κ3) is 5.18. The molecule has 2 aliphatic heterocycles. The minimum Gasteiger partial charge on any atom is -0.372 e. The molecule has 2 fully saturated rings. The van der Waals surface area contributed by atoms with Gasteiger partial charge in [0, 0.05) is 0 Å². The Balaban J connectivity index is 1.65. The Morgan fingerprint density at radius 2 is 1.19 bits per heavy atom. The SMILES string of the molecule is C=CCOCC1OCC2(CO1)COC(COCC=C)OC2. The number of hydrogen-bond acceptors (Lipinski definition) is 6. The van der Waals surface area contributed by atoms with Crippen LogP contribution in [0.5, 0.6) is 0 Å². The van der Waals surface area contributed by atoms with Crippen LogP contribution in [0, 0.1) is 5.41 Å². The largest absolute Gasteiger partial charge is 0.372 e. The Morgan fingerprint density at radius 3 is 1.52 bits per heavy atom. The molecule has 6 heteroatoms. The summed E-state index contributed by atoms with van der Waals surface area (Å²) in [5, 5.41) is 0. The van der Waals surface area contributed by atoms with Gasteiger partial charge in [0.2, 0.25) is 0 Å². The molecule has 0 atom stereocenters. The van der Waals surface area contributed by atoms with Crippen LogP contribution in [0.1, 0.15) is 0 Å². The van der Waals surface area contributed by atoms with Crippen LogP contribution >= 0.6 is 0 Å². The molecule has 0 saturated carbocycles. The Hall–Kier alpha value is -0.760. The summed E-state index contributed by atoms with van der Waals surface area (Å²) in [5.74, 6) is 0. The highest BCUT2D eigenvalue weighted by Gasteiger charge is 2.42. The van der Waals surface area contributed by atoms with Crippen LogP contribution in [0.15, 0.2) is 25.3 Å². The summed E-state index contributed by atoms with van der Waals surface area (Å²) in [6.07, 6.45) is 2.73. The third-order valence-corrected chi connectivity index (χ3v) is 3.28. The monoisotopic (exact) mass is 300 g/mol. The van der Waals surface area contributed by atoms with Crippen molar-refractivity contribution < 1.29 is 28.4 Å². The van der Waals surface area contributed by atoms with Crippen molar-refractivity contribution in [3.8, 4) is 0 Å². The van der Waals surface area contributed by atoms with E-state index in [1.165, 1.54) is 0 Å². The number of ether oxygens (including phenoxy) is 6. The van der Waals surface area contributed by atoms with Crippen LogP contribution in [-0.2, 0) is 28.4 Å². The van der Waals surface area contributed by atoms with Crippen LogP contribution < -0.4 is 0 Å². The second-order valence-electron chi connectivity index (χ2n) is 5.26. The molecular formula is C15H24O6. The second-order valence-corrected chi connectivity index (χ2v) is 5.26. The first-order chi connectivity index (χ1) is 10.3. The quantitative estimate of drug-likeness (QED) is 0.495. The molecule has 0 radical (unpaired) electrons. The van der Waals surface area contributed by atoms with Crippen molar-refractivity contribution in [2.24, 2.45) is 5.41 Å². The molecule has 0 aliphatic carbocycles. The maximum Gasteiger partial charge on any atom is 0.180 e. The van der Waals surface area contributed by atoms with E-state index >= 15 is 0 Å². The predicted octanol–water partition coefficient (Wildman–Crippen LogP) is 1.12. The average molecular weight is 300 g/mol. The molecular weight excluding hydrogens is 276 g/mol. The molecule has 21 heavy (non-hydrogen) atoms. The summed E-state index contributed by atoms with van der Waals surface area (Å²) in [6.45, 7) is 11.1. The van der Waals surface area contributed by atoms with E-state index in [2.05, 4.69) is 13.2 Å². The van der Waals surface area contributed by atoms with E-state index in [-0.39, 0.29) is 18.0 Å². The second kappa shape index (κ2) is 8.63. The lowest BCUT2D eigenvalue weighted by atomic mass is 9.91. The van der Waals surface area contributed by atoms with Crippen molar-refractivity contribution >= 4 is 0 Å². The fourth-order valence-corrected chi connectivity index (χ4v) is 2.11. The summed E-state index contributed by atoms with van der Waals surface area (Å²) in [6, 6.07) is 0. The standard InChI is InChI=1S/C15H24O6/c1-3-5-16-7-13-18-9-15(10-19-13)11-20-14(21-12-15)8-17-6-4-2/h3-4,13-14H,1-2,5-12H2. The molecule has 2 aliphatic rings. The highest BCUT2D eigenvalue weighted by Crippen LogP contribution is 2.30. The van der Waals surface area contributed by atoms with Gasteiger partial charge in [0.05, 0.1) is 58.3 Å². The average Bonchev–Trinajstić information content (AvgIpc) is 2.52. The predicted molar refractivity (Wildman–Crippen MR) is 75.8 cm³/mol. The molecule has 2 heterocycles. The van der Waals surface area contributed by atoms with Crippen LogP contribution in [0.25, 0.3) is 0 Å². The first-order valence-corrected chi connectivity index (χ1v) is 7.12. The van der Waals surface area contributed by atoms with E-state index in [1.807, 2.05) is 0 Å². The van der Waals surface area contributed by atoms with Gasteiger partial charge in [-0.25, -0.2) is 0 Å². The van der Waals surface area contributed by atoms with Crippen molar-refractivity contribution in [3.63, 3.8) is 0 Å². The maximum atomic E-state index is 5.67. The highest BCUT2D eigenvalue weighted by atomic mass is 16.7. The van der Waals surface area contributed by atoms with Crippen molar-refractivity contribution in [3.05, 3.63) is 25.3 Å². The van der Waals surface area contributed by atoms with Gasteiger partial charge >= 0.3 is 0 Å². The summed E-state index contributed by atoms with van der Waals surface area (Å²) >= 11 is 0. The Labute approximate surface area is 125 Å². The zero-order valence-electron chi connectivity index (χ0n) is 12.3. The van der Waals surface area contributed by atoms with Crippen molar-refractivity contribution in [2.75, 3.05) is 52.9 Å². The smallest absolute Gasteiger partial charge is 0.180 e. The van der Waals surface area contributed by atoms with E-state index < -0.39 is 0 Å². The normalized spacial score (nSPS) is 33.0. The minimum atomic E-state index is -0.329. The lowest BCUT2D eigenvalue weighted by Gasteiger charge is -2.43. The van der Waals surface area contributed by atoms with Gasteiger partial charge < -0.3 is 28.4 Å². The Bertz CT molecular complexity index is 281. The Kier molecular flexibility index (Phi) is 6.82. The summed E-state index contributed by atoms with van der Waals surface area (Å²) in [7, 11) is 0. The molecule has 0 aromatic carbocycles. The molecule has 1 spiro atoms. The van der Waals surface area contributed by atoms with Gasteiger partial charge in [-0.1, -0.05) is 12.2 Å². The van der Waals surface area contributed by atoms with Gasteiger partial charge in [-0.2, -0.15) is 0 Å². The zero-order valence-corrected chi connectivity index (χ0v) is 12.3. The molecule has 0 N–H and O–H groups in total. The van der Waals surface area contributed by atoms with Crippen LogP contribution in [0.3, 0.4) is 0 Å². The van der Waals surface area contributed by atoms with E-state index in [9.17, 15) is 0 Å². The molecule has 2 rings (SSSR count). The van der Waals surface area contributed by atoms with Crippen molar-refractivity contribution in [2.45, 2.75) is 12.6 Å². The Morgan fingerprint density at radius 1 is 0.810 bits per heavy atom. The van der Waals surface area contributed by atoms with Crippen LogP contribution in [-0.4, -0.2) is 65.4 Å². The molecule has 0 aromatic rings.